The largest absolute Gasteiger partial charge is 0.465 e. The number of nitrogens with one attached hydrogen (secondary N) is 2. The van der Waals surface area contributed by atoms with Gasteiger partial charge in [-0.05, 0) is 43.4 Å². The molecule has 0 heterocycles. The zero-order valence-corrected chi connectivity index (χ0v) is 14.8. The van der Waals surface area contributed by atoms with Gasteiger partial charge in [0, 0.05) is 19.6 Å². The van der Waals surface area contributed by atoms with Crippen LogP contribution in [0.2, 0.25) is 0 Å². The summed E-state index contributed by atoms with van der Waals surface area (Å²) in [6.45, 7) is 7.29. The SMILES string of the molecule is CN=C(NCc1ccc(C(=O)OC)cc1)NC(C)CCC(C)C. The Bertz CT molecular complexity index is 510. The number of aliphatic imine (C=N–C) groups is 1. The van der Waals surface area contributed by atoms with E-state index in [1.807, 2.05) is 12.1 Å². The number of benzene rings is 1. The van der Waals surface area contributed by atoms with Crippen molar-refractivity contribution in [1.29, 1.82) is 0 Å². The number of hydrogen-bond acceptors (Lipinski definition) is 3. The molecule has 0 radical (unpaired) electrons. The van der Waals surface area contributed by atoms with Crippen molar-refractivity contribution in [2.24, 2.45) is 10.9 Å². The van der Waals surface area contributed by atoms with Gasteiger partial charge in [-0.25, -0.2) is 4.79 Å². The molecule has 0 aliphatic carbocycles. The van der Waals surface area contributed by atoms with E-state index in [-0.39, 0.29) is 5.97 Å². The van der Waals surface area contributed by atoms with Crippen LogP contribution in [0.1, 0.15) is 49.5 Å². The van der Waals surface area contributed by atoms with Crippen molar-refractivity contribution in [1.82, 2.24) is 10.6 Å². The number of ether oxygens (including phenoxy) is 1. The molecular formula is C18H29N3O2. The molecule has 0 saturated heterocycles. The van der Waals surface area contributed by atoms with E-state index in [9.17, 15) is 4.79 Å². The molecule has 5 heteroatoms. The number of hydrogen-bond donors (Lipinski definition) is 2. The minimum Gasteiger partial charge on any atom is -0.465 e. The van der Waals surface area contributed by atoms with Crippen molar-refractivity contribution >= 4 is 11.9 Å². The maximum absolute atomic E-state index is 11.4. The summed E-state index contributed by atoms with van der Waals surface area (Å²) in [6.07, 6.45) is 2.31. The van der Waals surface area contributed by atoms with Crippen molar-refractivity contribution in [2.75, 3.05) is 14.2 Å². The van der Waals surface area contributed by atoms with Crippen LogP contribution in [-0.2, 0) is 11.3 Å². The fraction of sp³-hybridized carbons (Fsp3) is 0.556. The maximum Gasteiger partial charge on any atom is 0.337 e. The minimum atomic E-state index is -0.319. The van der Waals surface area contributed by atoms with Crippen LogP contribution in [0.25, 0.3) is 0 Å². The van der Waals surface area contributed by atoms with E-state index in [1.165, 1.54) is 13.5 Å². The average Bonchev–Trinajstić information content (AvgIpc) is 2.56. The summed E-state index contributed by atoms with van der Waals surface area (Å²) in [5.41, 5.74) is 1.64. The maximum atomic E-state index is 11.4. The molecule has 0 saturated carbocycles. The van der Waals surface area contributed by atoms with Gasteiger partial charge >= 0.3 is 5.97 Å². The summed E-state index contributed by atoms with van der Waals surface area (Å²) >= 11 is 0. The van der Waals surface area contributed by atoms with Crippen LogP contribution in [-0.4, -0.2) is 32.1 Å². The first-order valence-corrected chi connectivity index (χ1v) is 8.10. The molecule has 1 rings (SSSR count). The van der Waals surface area contributed by atoms with E-state index in [1.54, 1.807) is 19.2 Å². The Hall–Kier alpha value is -2.04. The summed E-state index contributed by atoms with van der Waals surface area (Å²) in [5.74, 6) is 1.18. The molecule has 0 spiro atoms. The number of carbonyl (C=O) groups excluding carboxylic acids is 1. The summed E-state index contributed by atoms with van der Waals surface area (Å²) in [7, 11) is 3.15. The molecule has 128 valence electrons. The fourth-order valence-corrected chi connectivity index (χ4v) is 2.15. The molecule has 5 nitrogen and oxygen atoms in total. The number of nitrogens with zero attached hydrogens (tertiary/aromatic N) is 1. The Morgan fingerprint density at radius 1 is 1.17 bits per heavy atom. The van der Waals surface area contributed by atoms with Gasteiger partial charge in [-0.15, -0.1) is 0 Å². The molecule has 0 aliphatic heterocycles. The lowest BCUT2D eigenvalue weighted by Gasteiger charge is -2.18. The van der Waals surface area contributed by atoms with Crippen LogP contribution < -0.4 is 10.6 Å². The topological polar surface area (TPSA) is 62.7 Å². The second-order valence-corrected chi connectivity index (χ2v) is 6.13. The van der Waals surface area contributed by atoms with Gasteiger partial charge in [0.15, 0.2) is 5.96 Å². The smallest absolute Gasteiger partial charge is 0.337 e. The molecule has 1 unspecified atom stereocenters. The normalized spacial score (nSPS) is 12.9. The summed E-state index contributed by atoms with van der Waals surface area (Å²) in [4.78, 5) is 15.7. The van der Waals surface area contributed by atoms with Gasteiger partial charge in [-0.2, -0.15) is 0 Å². The van der Waals surface area contributed by atoms with E-state index >= 15 is 0 Å². The molecule has 1 aromatic rings. The third kappa shape index (κ3) is 7.17. The Morgan fingerprint density at radius 2 is 1.83 bits per heavy atom. The molecule has 0 amide bonds. The first kappa shape index (κ1) is 19.0. The first-order valence-electron chi connectivity index (χ1n) is 8.10. The van der Waals surface area contributed by atoms with E-state index < -0.39 is 0 Å². The van der Waals surface area contributed by atoms with Crippen molar-refractivity contribution in [3.05, 3.63) is 35.4 Å². The lowest BCUT2D eigenvalue weighted by molar-refractivity contribution is 0.0600. The van der Waals surface area contributed by atoms with Crippen molar-refractivity contribution < 1.29 is 9.53 Å². The first-order chi connectivity index (χ1) is 11.0. The number of methoxy groups -OCH3 is 1. The molecule has 1 atom stereocenters. The molecular weight excluding hydrogens is 290 g/mol. The highest BCUT2D eigenvalue weighted by Crippen LogP contribution is 2.07. The van der Waals surface area contributed by atoms with Gasteiger partial charge < -0.3 is 15.4 Å². The predicted octanol–water partition coefficient (Wildman–Crippen LogP) is 2.96. The monoisotopic (exact) mass is 319 g/mol. The third-order valence-electron chi connectivity index (χ3n) is 3.62. The highest BCUT2D eigenvalue weighted by Gasteiger charge is 2.07. The van der Waals surface area contributed by atoms with Crippen LogP contribution in [0.3, 0.4) is 0 Å². The van der Waals surface area contributed by atoms with Crippen LogP contribution in [0.15, 0.2) is 29.3 Å². The molecule has 0 aromatic heterocycles. The zero-order valence-electron chi connectivity index (χ0n) is 14.8. The Kier molecular flexibility index (Phi) is 8.16. The fourth-order valence-electron chi connectivity index (χ4n) is 2.15. The molecule has 0 aliphatic rings. The van der Waals surface area contributed by atoms with E-state index in [0.29, 0.717) is 24.1 Å². The second kappa shape index (κ2) is 9.87. The van der Waals surface area contributed by atoms with Gasteiger partial charge in [0.1, 0.15) is 0 Å². The van der Waals surface area contributed by atoms with Gasteiger partial charge in [0.2, 0.25) is 0 Å². The molecule has 0 fully saturated rings. The lowest BCUT2D eigenvalue weighted by Crippen LogP contribution is -2.41. The average molecular weight is 319 g/mol. The number of guanidine groups is 1. The molecule has 23 heavy (non-hydrogen) atoms. The Balaban J connectivity index is 2.46. The van der Waals surface area contributed by atoms with Crippen LogP contribution in [0.4, 0.5) is 0 Å². The van der Waals surface area contributed by atoms with Crippen LogP contribution in [0.5, 0.6) is 0 Å². The summed E-state index contributed by atoms with van der Waals surface area (Å²) in [6, 6.07) is 7.74. The third-order valence-corrected chi connectivity index (χ3v) is 3.62. The van der Waals surface area contributed by atoms with Crippen molar-refractivity contribution in [2.45, 2.75) is 46.2 Å². The lowest BCUT2D eigenvalue weighted by atomic mass is 10.0. The zero-order chi connectivity index (χ0) is 17.2. The highest BCUT2D eigenvalue weighted by molar-refractivity contribution is 5.89. The van der Waals surface area contributed by atoms with Gasteiger partial charge in [-0.1, -0.05) is 26.0 Å². The molecule has 2 N–H and O–H groups in total. The molecule has 0 bridgehead atoms. The van der Waals surface area contributed by atoms with Gasteiger partial charge in [0.25, 0.3) is 0 Å². The Morgan fingerprint density at radius 3 is 2.35 bits per heavy atom. The highest BCUT2D eigenvalue weighted by atomic mass is 16.5. The number of carbonyl (C=O) groups is 1. The van der Waals surface area contributed by atoms with E-state index in [0.717, 1.165) is 17.9 Å². The standard InChI is InChI=1S/C18H29N3O2/c1-13(2)6-7-14(3)21-18(19-4)20-12-15-8-10-16(11-9-15)17(22)23-5/h8-11,13-14H,6-7,12H2,1-5H3,(H2,19,20,21). The van der Waals surface area contributed by atoms with Crippen LogP contribution >= 0.6 is 0 Å². The van der Waals surface area contributed by atoms with E-state index in [2.05, 4.69) is 36.4 Å². The van der Waals surface area contributed by atoms with Crippen molar-refractivity contribution in [3.63, 3.8) is 0 Å². The van der Waals surface area contributed by atoms with Gasteiger partial charge in [0.05, 0.1) is 12.7 Å². The number of rotatable bonds is 7. The second-order valence-electron chi connectivity index (χ2n) is 6.13. The quantitative estimate of drug-likeness (QED) is 0.461. The summed E-state index contributed by atoms with van der Waals surface area (Å²) < 4.78 is 4.69. The van der Waals surface area contributed by atoms with Crippen LogP contribution in [0, 0.1) is 5.92 Å². The van der Waals surface area contributed by atoms with E-state index in [4.69, 9.17) is 4.74 Å². The van der Waals surface area contributed by atoms with Crippen molar-refractivity contribution in [3.8, 4) is 0 Å². The predicted molar refractivity (Wildman–Crippen MR) is 94.6 cm³/mol. The number of esters is 1. The minimum absolute atomic E-state index is 0.319. The van der Waals surface area contributed by atoms with Gasteiger partial charge in [-0.3, -0.25) is 4.99 Å². The molecule has 1 aromatic carbocycles. The Labute approximate surface area is 139 Å². The summed E-state index contributed by atoms with van der Waals surface area (Å²) in [5, 5.41) is 6.69.